The lowest BCUT2D eigenvalue weighted by Gasteiger charge is -2.11. The van der Waals surface area contributed by atoms with Crippen molar-refractivity contribution in [3.63, 3.8) is 0 Å². The van der Waals surface area contributed by atoms with Gasteiger partial charge in [0.2, 0.25) is 0 Å². The van der Waals surface area contributed by atoms with E-state index in [1.54, 1.807) is 0 Å². The van der Waals surface area contributed by atoms with Gasteiger partial charge in [0, 0.05) is 12.1 Å². The maximum absolute atomic E-state index is 5.94. The molecular weight excluding hydrogens is 262 g/mol. The molecule has 0 aliphatic heterocycles. The molecule has 114 valence electrons. The SMILES string of the molecule is CCNCc1cc(COc2cc(C)cc(C)c2C)oc1C. The number of furan rings is 1. The molecule has 0 bridgehead atoms. The lowest BCUT2D eigenvalue weighted by Crippen LogP contribution is -2.11. The lowest BCUT2D eigenvalue weighted by molar-refractivity contribution is 0.265. The van der Waals surface area contributed by atoms with Gasteiger partial charge in [-0.3, -0.25) is 0 Å². The minimum atomic E-state index is 0.469. The summed E-state index contributed by atoms with van der Waals surface area (Å²) in [7, 11) is 0. The highest BCUT2D eigenvalue weighted by atomic mass is 16.5. The van der Waals surface area contributed by atoms with Crippen molar-refractivity contribution in [3.05, 3.63) is 52.0 Å². The number of aryl methyl sites for hydroxylation is 3. The fourth-order valence-corrected chi connectivity index (χ4v) is 2.39. The smallest absolute Gasteiger partial charge is 0.146 e. The molecule has 21 heavy (non-hydrogen) atoms. The van der Waals surface area contributed by atoms with Crippen LogP contribution in [-0.4, -0.2) is 6.54 Å². The van der Waals surface area contributed by atoms with Crippen LogP contribution >= 0.6 is 0 Å². The first-order valence-corrected chi connectivity index (χ1v) is 7.50. The standard InChI is InChI=1S/C18H25NO2/c1-6-19-10-16-9-17(21-15(16)5)11-20-18-8-12(2)7-13(3)14(18)4/h7-9,19H,6,10-11H2,1-5H3. The van der Waals surface area contributed by atoms with Crippen LogP contribution in [0.5, 0.6) is 5.75 Å². The van der Waals surface area contributed by atoms with Crippen LogP contribution in [0.4, 0.5) is 0 Å². The Morgan fingerprint density at radius 2 is 1.86 bits per heavy atom. The van der Waals surface area contributed by atoms with E-state index < -0.39 is 0 Å². The molecule has 0 aliphatic rings. The zero-order chi connectivity index (χ0) is 15.4. The molecule has 0 spiro atoms. The van der Waals surface area contributed by atoms with Crippen LogP contribution < -0.4 is 10.1 Å². The zero-order valence-corrected chi connectivity index (χ0v) is 13.7. The van der Waals surface area contributed by atoms with Crippen molar-refractivity contribution in [2.24, 2.45) is 0 Å². The summed E-state index contributed by atoms with van der Waals surface area (Å²) in [6.45, 7) is 12.7. The summed E-state index contributed by atoms with van der Waals surface area (Å²) in [6.07, 6.45) is 0. The average molecular weight is 287 g/mol. The molecule has 1 N–H and O–H groups in total. The van der Waals surface area contributed by atoms with Gasteiger partial charge in [-0.25, -0.2) is 0 Å². The molecule has 2 aromatic rings. The van der Waals surface area contributed by atoms with Gasteiger partial charge in [0.15, 0.2) is 0 Å². The van der Waals surface area contributed by atoms with Crippen LogP contribution in [0.25, 0.3) is 0 Å². The lowest BCUT2D eigenvalue weighted by atomic mass is 10.1. The highest BCUT2D eigenvalue weighted by Gasteiger charge is 2.09. The minimum absolute atomic E-state index is 0.469. The molecule has 0 saturated heterocycles. The van der Waals surface area contributed by atoms with Crippen LogP contribution in [0.3, 0.4) is 0 Å². The van der Waals surface area contributed by atoms with Crippen molar-refractivity contribution < 1.29 is 9.15 Å². The second-order valence-corrected chi connectivity index (χ2v) is 5.57. The molecule has 0 radical (unpaired) electrons. The van der Waals surface area contributed by atoms with E-state index in [2.05, 4.69) is 51.2 Å². The Morgan fingerprint density at radius 3 is 2.57 bits per heavy atom. The van der Waals surface area contributed by atoms with Gasteiger partial charge in [-0.2, -0.15) is 0 Å². The third kappa shape index (κ3) is 3.88. The monoisotopic (exact) mass is 287 g/mol. The summed E-state index contributed by atoms with van der Waals surface area (Å²) in [6, 6.07) is 6.33. The normalized spacial score (nSPS) is 10.9. The van der Waals surface area contributed by atoms with Gasteiger partial charge in [0.1, 0.15) is 23.9 Å². The Hall–Kier alpha value is -1.74. The molecule has 0 amide bonds. The molecular formula is C18H25NO2. The van der Waals surface area contributed by atoms with Crippen molar-refractivity contribution in [2.45, 2.75) is 47.8 Å². The highest BCUT2D eigenvalue weighted by molar-refractivity contribution is 5.42. The van der Waals surface area contributed by atoms with Crippen molar-refractivity contribution in [2.75, 3.05) is 6.54 Å². The van der Waals surface area contributed by atoms with E-state index in [1.807, 2.05) is 6.92 Å². The zero-order valence-electron chi connectivity index (χ0n) is 13.7. The largest absolute Gasteiger partial charge is 0.485 e. The van der Waals surface area contributed by atoms with Crippen molar-refractivity contribution in [3.8, 4) is 5.75 Å². The molecule has 2 rings (SSSR count). The molecule has 0 aliphatic carbocycles. The number of ether oxygens (including phenoxy) is 1. The Balaban J connectivity index is 2.06. The van der Waals surface area contributed by atoms with Crippen molar-refractivity contribution >= 4 is 0 Å². The number of benzene rings is 1. The fraction of sp³-hybridized carbons (Fsp3) is 0.444. The molecule has 0 saturated carbocycles. The van der Waals surface area contributed by atoms with Gasteiger partial charge < -0.3 is 14.5 Å². The first-order chi connectivity index (χ1) is 10.0. The molecule has 1 aromatic carbocycles. The van der Waals surface area contributed by atoms with Crippen LogP contribution in [0.2, 0.25) is 0 Å². The summed E-state index contributed by atoms with van der Waals surface area (Å²) in [5.74, 6) is 2.78. The predicted molar refractivity (Wildman–Crippen MR) is 85.8 cm³/mol. The van der Waals surface area contributed by atoms with E-state index in [4.69, 9.17) is 9.15 Å². The van der Waals surface area contributed by atoms with E-state index in [0.717, 1.165) is 30.4 Å². The molecule has 0 fully saturated rings. The number of rotatable bonds is 6. The Kier molecular flexibility index (Phi) is 5.07. The highest BCUT2D eigenvalue weighted by Crippen LogP contribution is 2.25. The fourth-order valence-electron chi connectivity index (χ4n) is 2.39. The topological polar surface area (TPSA) is 34.4 Å². The Bertz CT molecular complexity index is 614. The van der Waals surface area contributed by atoms with Crippen LogP contribution in [-0.2, 0) is 13.2 Å². The number of hydrogen-bond acceptors (Lipinski definition) is 3. The van der Waals surface area contributed by atoms with Gasteiger partial charge in [0.05, 0.1) is 0 Å². The second-order valence-electron chi connectivity index (χ2n) is 5.57. The van der Waals surface area contributed by atoms with Crippen molar-refractivity contribution in [1.82, 2.24) is 5.32 Å². The average Bonchev–Trinajstić information content (AvgIpc) is 2.79. The quantitative estimate of drug-likeness (QED) is 0.864. The van der Waals surface area contributed by atoms with Gasteiger partial charge in [-0.05, 0) is 63.1 Å². The van der Waals surface area contributed by atoms with Crippen molar-refractivity contribution in [1.29, 1.82) is 0 Å². The first-order valence-electron chi connectivity index (χ1n) is 7.50. The molecule has 3 heteroatoms. The summed E-state index contributed by atoms with van der Waals surface area (Å²) in [5.41, 5.74) is 4.87. The summed E-state index contributed by atoms with van der Waals surface area (Å²) < 4.78 is 11.7. The summed E-state index contributed by atoms with van der Waals surface area (Å²) in [5, 5.41) is 3.32. The van der Waals surface area contributed by atoms with Gasteiger partial charge in [0.25, 0.3) is 0 Å². The van der Waals surface area contributed by atoms with Gasteiger partial charge >= 0.3 is 0 Å². The van der Waals surface area contributed by atoms with E-state index in [9.17, 15) is 0 Å². The predicted octanol–water partition coefficient (Wildman–Crippen LogP) is 4.20. The third-order valence-electron chi connectivity index (χ3n) is 3.77. The van der Waals surface area contributed by atoms with Crippen LogP contribution in [0, 0.1) is 27.7 Å². The number of hydrogen-bond donors (Lipinski definition) is 1. The first kappa shape index (κ1) is 15.6. The van der Waals surface area contributed by atoms with Crippen LogP contribution in [0.15, 0.2) is 22.6 Å². The second kappa shape index (κ2) is 6.81. The molecule has 3 nitrogen and oxygen atoms in total. The Labute approximate surface area is 127 Å². The maximum atomic E-state index is 5.94. The van der Waals surface area contributed by atoms with Gasteiger partial charge in [-0.15, -0.1) is 0 Å². The molecule has 0 unspecified atom stereocenters. The van der Waals surface area contributed by atoms with E-state index >= 15 is 0 Å². The van der Waals surface area contributed by atoms with E-state index in [-0.39, 0.29) is 0 Å². The molecule has 1 aromatic heterocycles. The third-order valence-corrected chi connectivity index (χ3v) is 3.77. The Morgan fingerprint density at radius 1 is 1.10 bits per heavy atom. The molecule has 0 atom stereocenters. The summed E-state index contributed by atoms with van der Waals surface area (Å²) >= 11 is 0. The minimum Gasteiger partial charge on any atom is -0.485 e. The van der Waals surface area contributed by atoms with Crippen LogP contribution in [0.1, 0.15) is 40.7 Å². The van der Waals surface area contributed by atoms with E-state index in [1.165, 1.54) is 22.3 Å². The van der Waals surface area contributed by atoms with E-state index in [0.29, 0.717) is 6.61 Å². The maximum Gasteiger partial charge on any atom is 0.146 e. The van der Waals surface area contributed by atoms with Gasteiger partial charge in [-0.1, -0.05) is 13.0 Å². The summed E-state index contributed by atoms with van der Waals surface area (Å²) in [4.78, 5) is 0. The molecule has 1 heterocycles. The number of nitrogens with one attached hydrogen (secondary N) is 1.